The quantitative estimate of drug-likeness (QED) is 0.707. The summed E-state index contributed by atoms with van der Waals surface area (Å²) < 4.78 is 0. The Bertz CT molecular complexity index is 169. The van der Waals surface area contributed by atoms with E-state index in [4.69, 9.17) is 5.11 Å². The second kappa shape index (κ2) is 3.46. The summed E-state index contributed by atoms with van der Waals surface area (Å²) in [7, 11) is 0. The third kappa shape index (κ3) is 1.47. The molecule has 0 aromatic carbocycles. The first-order valence-electron chi connectivity index (χ1n) is 4.85. The molecule has 0 heterocycles. The van der Waals surface area contributed by atoms with Gasteiger partial charge in [0.25, 0.3) is 0 Å². The molecule has 2 heteroatoms. The van der Waals surface area contributed by atoms with E-state index in [-0.39, 0.29) is 11.3 Å². The topological polar surface area (TPSA) is 37.3 Å². The minimum Gasteiger partial charge on any atom is -0.481 e. The molecule has 1 aliphatic rings. The van der Waals surface area contributed by atoms with Gasteiger partial charge in [-0.3, -0.25) is 4.79 Å². The lowest BCUT2D eigenvalue weighted by Crippen LogP contribution is -2.30. The molecule has 0 bridgehead atoms. The largest absolute Gasteiger partial charge is 0.481 e. The number of carboxylic acids is 1. The normalized spacial score (nSPS) is 23.8. The highest BCUT2D eigenvalue weighted by Gasteiger charge is 2.40. The fourth-order valence-corrected chi connectivity index (χ4v) is 2.43. The van der Waals surface area contributed by atoms with E-state index in [1.165, 1.54) is 12.8 Å². The first kappa shape index (κ1) is 9.56. The fraction of sp³-hybridized carbons (Fsp3) is 0.900. The number of rotatable bonds is 3. The van der Waals surface area contributed by atoms with E-state index in [0.29, 0.717) is 0 Å². The molecule has 1 rings (SSSR count). The van der Waals surface area contributed by atoms with Crippen LogP contribution in [0.25, 0.3) is 0 Å². The van der Waals surface area contributed by atoms with Gasteiger partial charge in [-0.05, 0) is 24.7 Å². The van der Waals surface area contributed by atoms with Crippen LogP contribution in [-0.4, -0.2) is 11.1 Å². The minimum absolute atomic E-state index is 0.117. The van der Waals surface area contributed by atoms with Gasteiger partial charge in [0.1, 0.15) is 0 Å². The molecule has 0 aromatic rings. The molecule has 1 saturated carbocycles. The van der Waals surface area contributed by atoms with Gasteiger partial charge in [0, 0.05) is 0 Å². The smallest absolute Gasteiger partial charge is 0.306 e. The van der Waals surface area contributed by atoms with Gasteiger partial charge in [0.15, 0.2) is 0 Å². The predicted octanol–water partition coefficient (Wildman–Crippen LogP) is 2.68. The van der Waals surface area contributed by atoms with Gasteiger partial charge in [-0.1, -0.05) is 26.7 Å². The van der Waals surface area contributed by atoms with E-state index >= 15 is 0 Å². The highest BCUT2D eigenvalue weighted by atomic mass is 16.4. The Labute approximate surface area is 74.0 Å². The summed E-state index contributed by atoms with van der Waals surface area (Å²) in [4.78, 5) is 10.9. The Hall–Kier alpha value is -0.530. The summed E-state index contributed by atoms with van der Waals surface area (Å²) in [5.74, 6) is -0.788. The summed E-state index contributed by atoms with van der Waals surface area (Å²) in [6.07, 6.45) is 5.66. The molecular formula is C10H18O2. The predicted molar refractivity (Wildman–Crippen MR) is 48.0 cm³/mol. The van der Waals surface area contributed by atoms with Crippen LogP contribution in [0.1, 0.15) is 46.0 Å². The number of hydrogen-bond acceptors (Lipinski definition) is 1. The zero-order valence-electron chi connectivity index (χ0n) is 7.97. The van der Waals surface area contributed by atoms with Gasteiger partial charge in [0.05, 0.1) is 5.92 Å². The van der Waals surface area contributed by atoms with E-state index < -0.39 is 5.97 Å². The number of hydrogen-bond donors (Lipinski definition) is 1. The van der Waals surface area contributed by atoms with Crippen molar-refractivity contribution in [1.82, 2.24) is 0 Å². The van der Waals surface area contributed by atoms with Gasteiger partial charge >= 0.3 is 5.97 Å². The van der Waals surface area contributed by atoms with Crippen LogP contribution < -0.4 is 0 Å². The van der Waals surface area contributed by atoms with E-state index in [0.717, 1.165) is 19.3 Å². The Morgan fingerprint density at radius 2 is 2.00 bits per heavy atom. The van der Waals surface area contributed by atoms with Crippen molar-refractivity contribution in [2.75, 3.05) is 0 Å². The Balaban J connectivity index is 2.71. The average Bonchev–Trinajstić information content (AvgIpc) is 2.52. The van der Waals surface area contributed by atoms with Crippen molar-refractivity contribution in [2.24, 2.45) is 11.3 Å². The van der Waals surface area contributed by atoms with E-state index in [2.05, 4.69) is 6.92 Å². The van der Waals surface area contributed by atoms with Crippen LogP contribution in [0, 0.1) is 11.3 Å². The van der Waals surface area contributed by atoms with Crippen molar-refractivity contribution in [3.8, 4) is 0 Å². The maximum absolute atomic E-state index is 10.9. The van der Waals surface area contributed by atoms with Gasteiger partial charge in [0.2, 0.25) is 0 Å². The van der Waals surface area contributed by atoms with Gasteiger partial charge < -0.3 is 5.11 Å². The van der Waals surface area contributed by atoms with Crippen LogP contribution in [0.5, 0.6) is 0 Å². The zero-order valence-corrected chi connectivity index (χ0v) is 7.97. The van der Waals surface area contributed by atoms with Crippen LogP contribution >= 0.6 is 0 Å². The summed E-state index contributed by atoms with van der Waals surface area (Å²) in [5, 5.41) is 8.94. The standard InChI is InChI=1S/C10H18O2/c1-3-10(6-4-5-7-10)8(2)9(11)12/h8H,3-7H2,1-2H3,(H,11,12). The molecule has 1 unspecified atom stereocenters. The maximum atomic E-state index is 10.9. The van der Waals surface area contributed by atoms with Crippen LogP contribution in [-0.2, 0) is 4.79 Å². The summed E-state index contributed by atoms with van der Waals surface area (Å²) in [6, 6.07) is 0. The van der Waals surface area contributed by atoms with Crippen molar-refractivity contribution in [3.05, 3.63) is 0 Å². The summed E-state index contributed by atoms with van der Waals surface area (Å²) in [6.45, 7) is 3.97. The van der Waals surface area contributed by atoms with Crippen LogP contribution in [0.2, 0.25) is 0 Å². The Morgan fingerprint density at radius 3 is 2.33 bits per heavy atom. The highest BCUT2D eigenvalue weighted by molar-refractivity contribution is 5.70. The first-order valence-corrected chi connectivity index (χ1v) is 4.85. The van der Waals surface area contributed by atoms with E-state index in [1.54, 1.807) is 0 Å². The SMILES string of the molecule is CCC1(C(C)C(=O)O)CCCC1. The summed E-state index contributed by atoms with van der Waals surface area (Å²) in [5.41, 5.74) is 0.117. The first-order chi connectivity index (χ1) is 5.62. The number of carboxylic acid groups (broad SMARTS) is 1. The van der Waals surface area contributed by atoms with Crippen molar-refractivity contribution >= 4 is 5.97 Å². The molecule has 12 heavy (non-hydrogen) atoms. The lowest BCUT2D eigenvalue weighted by Gasteiger charge is -2.31. The fourth-order valence-electron chi connectivity index (χ4n) is 2.43. The molecule has 0 spiro atoms. The van der Waals surface area contributed by atoms with E-state index in [9.17, 15) is 4.79 Å². The van der Waals surface area contributed by atoms with Gasteiger partial charge in [-0.2, -0.15) is 0 Å². The lowest BCUT2D eigenvalue weighted by molar-refractivity contribution is -0.145. The maximum Gasteiger partial charge on any atom is 0.306 e. The Kier molecular flexibility index (Phi) is 2.76. The lowest BCUT2D eigenvalue weighted by atomic mass is 9.73. The van der Waals surface area contributed by atoms with Crippen molar-refractivity contribution in [2.45, 2.75) is 46.0 Å². The number of aliphatic carboxylic acids is 1. The molecule has 0 radical (unpaired) electrons. The highest BCUT2D eigenvalue weighted by Crippen LogP contribution is 2.46. The summed E-state index contributed by atoms with van der Waals surface area (Å²) >= 11 is 0. The second-order valence-corrected chi connectivity index (χ2v) is 3.98. The number of carbonyl (C=O) groups is 1. The second-order valence-electron chi connectivity index (χ2n) is 3.98. The van der Waals surface area contributed by atoms with E-state index in [1.807, 2.05) is 6.92 Å². The van der Waals surface area contributed by atoms with Crippen molar-refractivity contribution in [3.63, 3.8) is 0 Å². The molecule has 1 atom stereocenters. The molecule has 1 N–H and O–H groups in total. The molecule has 1 fully saturated rings. The Morgan fingerprint density at radius 1 is 1.50 bits per heavy atom. The molecular weight excluding hydrogens is 152 g/mol. The van der Waals surface area contributed by atoms with Crippen molar-refractivity contribution < 1.29 is 9.90 Å². The molecule has 0 aromatic heterocycles. The third-order valence-corrected chi connectivity index (χ3v) is 3.59. The van der Waals surface area contributed by atoms with Crippen LogP contribution in [0.3, 0.4) is 0 Å². The molecule has 0 amide bonds. The monoisotopic (exact) mass is 170 g/mol. The molecule has 1 aliphatic carbocycles. The molecule has 0 aliphatic heterocycles. The van der Waals surface area contributed by atoms with Crippen LogP contribution in [0.15, 0.2) is 0 Å². The third-order valence-electron chi connectivity index (χ3n) is 3.59. The average molecular weight is 170 g/mol. The minimum atomic E-state index is -0.626. The molecule has 70 valence electrons. The van der Waals surface area contributed by atoms with Gasteiger partial charge in [-0.15, -0.1) is 0 Å². The van der Waals surface area contributed by atoms with Gasteiger partial charge in [-0.25, -0.2) is 0 Å². The molecule has 0 saturated heterocycles. The zero-order chi connectivity index (χ0) is 9.19. The van der Waals surface area contributed by atoms with Crippen molar-refractivity contribution in [1.29, 1.82) is 0 Å². The van der Waals surface area contributed by atoms with Crippen LogP contribution in [0.4, 0.5) is 0 Å². The molecule has 2 nitrogen and oxygen atoms in total.